The lowest BCUT2D eigenvalue weighted by Gasteiger charge is -2.11. The van der Waals surface area contributed by atoms with Crippen LogP contribution in [0.5, 0.6) is 11.5 Å². The summed E-state index contributed by atoms with van der Waals surface area (Å²) in [5.41, 5.74) is 4.66. The third-order valence-electron chi connectivity index (χ3n) is 6.92. The molecule has 202 valence electrons. The Morgan fingerprint density at radius 1 is 1.02 bits per heavy atom. The van der Waals surface area contributed by atoms with E-state index in [1.54, 1.807) is 25.5 Å². The lowest BCUT2D eigenvalue weighted by atomic mass is 10.2. The number of furan rings is 1. The first-order valence-corrected chi connectivity index (χ1v) is 13.0. The van der Waals surface area contributed by atoms with E-state index in [4.69, 9.17) is 25.3 Å². The molecule has 0 aliphatic heterocycles. The average Bonchev–Trinajstić information content (AvgIpc) is 3.55. The van der Waals surface area contributed by atoms with Crippen molar-refractivity contribution in [1.29, 1.82) is 0 Å². The second-order valence-electron chi connectivity index (χ2n) is 9.45. The van der Waals surface area contributed by atoms with Gasteiger partial charge in [0, 0.05) is 22.6 Å². The fraction of sp³-hybridized carbons (Fsp3) is 0.121. The molecule has 3 aromatic heterocycles. The Balaban J connectivity index is 1.45. The molecule has 8 heteroatoms. The number of methoxy groups -OCH3 is 1. The summed E-state index contributed by atoms with van der Waals surface area (Å²) in [5, 5.41) is 5.88. The maximum absolute atomic E-state index is 13.7. The van der Waals surface area contributed by atoms with E-state index in [1.807, 2.05) is 80.6 Å². The van der Waals surface area contributed by atoms with E-state index in [2.05, 4.69) is 15.6 Å². The Kier molecular flexibility index (Phi) is 6.62. The molecule has 0 spiro atoms. The number of terminal acetylenes is 1. The van der Waals surface area contributed by atoms with Gasteiger partial charge in [0.15, 0.2) is 5.76 Å². The zero-order valence-corrected chi connectivity index (χ0v) is 22.8. The molecule has 41 heavy (non-hydrogen) atoms. The van der Waals surface area contributed by atoms with Crippen molar-refractivity contribution in [2.45, 2.75) is 13.8 Å². The van der Waals surface area contributed by atoms with E-state index in [0.29, 0.717) is 39.6 Å². The number of hydrogen-bond donors (Lipinski definition) is 0. The highest BCUT2D eigenvalue weighted by Crippen LogP contribution is 2.33. The van der Waals surface area contributed by atoms with Crippen LogP contribution < -0.4 is 15.0 Å². The highest BCUT2D eigenvalue weighted by atomic mass is 16.5. The highest BCUT2D eigenvalue weighted by Gasteiger charge is 2.18. The van der Waals surface area contributed by atoms with Gasteiger partial charge >= 0.3 is 0 Å². The maximum Gasteiger partial charge on any atom is 0.282 e. The number of aryl methyl sites for hydroxylation is 1. The summed E-state index contributed by atoms with van der Waals surface area (Å²) in [7, 11) is 1.61. The quantitative estimate of drug-likeness (QED) is 0.179. The Hall–Kier alpha value is -5.55. The predicted octanol–water partition coefficient (Wildman–Crippen LogP) is 6.12. The first-order valence-electron chi connectivity index (χ1n) is 13.0. The van der Waals surface area contributed by atoms with Crippen LogP contribution in [0.3, 0.4) is 0 Å². The molecule has 0 unspecified atom stereocenters. The van der Waals surface area contributed by atoms with Crippen LogP contribution in [-0.2, 0) is 0 Å². The van der Waals surface area contributed by atoms with Crippen molar-refractivity contribution in [1.82, 2.24) is 14.2 Å². The van der Waals surface area contributed by atoms with Gasteiger partial charge in [0.05, 0.1) is 29.6 Å². The number of rotatable bonds is 7. The van der Waals surface area contributed by atoms with Gasteiger partial charge in [-0.15, -0.1) is 6.42 Å². The monoisotopic (exact) mass is 542 g/mol. The molecule has 0 fully saturated rings. The molecule has 0 aliphatic carbocycles. The molecule has 0 N–H and O–H groups in total. The summed E-state index contributed by atoms with van der Waals surface area (Å²) in [4.78, 5) is 18.5. The van der Waals surface area contributed by atoms with Gasteiger partial charge < -0.3 is 18.5 Å². The van der Waals surface area contributed by atoms with Crippen molar-refractivity contribution in [2.24, 2.45) is 5.10 Å². The van der Waals surface area contributed by atoms with Crippen LogP contribution in [0.1, 0.15) is 17.0 Å². The van der Waals surface area contributed by atoms with Crippen molar-refractivity contribution in [2.75, 3.05) is 13.7 Å². The SMILES string of the molecule is C#CCOc1ccc(-n2c(C)cc(C=Nn3c(-c4cc5c(OC)cccc5o4)nc4ccccc4c3=O)c2C)cc1. The molecule has 0 bridgehead atoms. The van der Waals surface area contributed by atoms with Crippen LogP contribution in [0.15, 0.2) is 93.2 Å². The van der Waals surface area contributed by atoms with Crippen molar-refractivity contribution < 1.29 is 13.9 Å². The second-order valence-corrected chi connectivity index (χ2v) is 9.45. The van der Waals surface area contributed by atoms with Gasteiger partial charge in [-0.3, -0.25) is 4.79 Å². The van der Waals surface area contributed by atoms with Crippen LogP contribution in [0.25, 0.3) is 39.1 Å². The number of nitrogens with zero attached hydrogens (tertiary/aromatic N) is 4. The van der Waals surface area contributed by atoms with Gasteiger partial charge in [-0.1, -0.05) is 24.1 Å². The summed E-state index contributed by atoms with van der Waals surface area (Å²) in [6, 6.07) is 24.3. The summed E-state index contributed by atoms with van der Waals surface area (Å²) in [6.07, 6.45) is 6.97. The van der Waals surface area contributed by atoms with Crippen molar-refractivity contribution in [3.63, 3.8) is 0 Å². The number of hydrogen-bond acceptors (Lipinski definition) is 6. The van der Waals surface area contributed by atoms with Gasteiger partial charge in [-0.2, -0.15) is 9.78 Å². The molecule has 0 aliphatic rings. The first kappa shape index (κ1) is 25.7. The standard InChI is InChI=1S/C33H26N4O4/c1-5-17-40-25-15-13-24(14-16-25)36-21(2)18-23(22(36)3)20-34-37-32(35-28-10-7-6-9-26(28)33(37)38)31-19-27-29(39-4)11-8-12-30(27)41-31/h1,6-16,18-20H,17H2,2-4H3. The Labute approximate surface area is 236 Å². The third kappa shape index (κ3) is 4.64. The van der Waals surface area contributed by atoms with Gasteiger partial charge in [0.25, 0.3) is 5.56 Å². The summed E-state index contributed by atoms with van der Waals surface area (Å²) >= 11 is 0. The smallest absolute Gasteiger partial charge is 0.282 e. The van der Waals surface area contributed by atoms with Crippen LogP contribution in [0.4, 0.5) is 0 Å². The molecular weight excluding hydrogens is 516 g/mol. The van der Waals surface area contributed by atoms with Crippen LogP contribution in [-0.4, -0.2) is 34.2 Å². The van der Waals surface area contributed by atoms with Crippen molar-refractivity contribution in [3.8, 4) is 41.1 Å². The molecule has 0 radical (unpaired) electrons. The van der Waals surface area contributed by atoms with E-state index < -0.39 is 0 Å². The maximum atomic E-state index is 13.7. The molecule has 6 aromatic rings. The molecule has 6 rings (SSSR count). The van der Waals surface area contributed by atoms with Crippen LogP contribution in [0.2, 0.25) is 0 Å². The van der Waals surface area contributed by atoms with E-state index >= 15 is 0 Å². The number of fused-ring (bicyclic) bond motifs is 2. The zero-order chi connectivity index (χ0) is 28.5. The number of para-hydroxylation sites is 1. The molecule has 3 heterocycles. The Morgan fingerprint density at radius 3 is 2.61 bits per heavy atom. The molecule has 0 saturated heterocycles. The van der Waals surface area contributed by atoms with Gasteiger partial charge in [-0.25, -0.2) is 4.98 Å². The minimum atomic E-state index is -0.300. The molecule has 0 saturated carbocycles. The molecule has 8 nitrogen and oxygen atoms in total. The average molecular weight is 543 g/mol. The van der Waals surface area contributed by atoms with E-state index in [9.17, 15) is 4.79 Å². The van der Waals surface area contributed by atoms with E-state index in [-0.39, 0.29) is 12.2 Å². The fourth-order valence-corrected chi connectivity index (χ4v) is 4.96. The molecule has 3 aromatic carbocycles. The first-order chi connectivity index (χ1) is 20.0. The third-order valence-corrected chi connectivity index (χ3v) is 6.92. The lowest BCUT2D eigenvalue weighted by molar-refractivity contribution is 0.370. The van der Waals surface area contributed by atoms with Crippen LogP contribution >= 0.6 is 0 Å². The molecular formula is C33H26N4O4. The van der Waals surface area contributed by atoms with Gasteiger partial charge in [0.2, 0.25) is 5.82 Å². The number of aromatic nitrogens is 3. The second kappa shape index (κ2) is 10.5. The van der Waals surface area contributed by atoms with Crippen molar-refractivity contribution >= 4 is 28.1 Å². The predicted molar refractivity (Wildman–Crippen MR) is 160 cm³/mol. The minimum absolute atomic E-state index is 0.216. The summed E-state index contributed by atoms with van der Waals surface area (Å²) < 4.78 is 20.5. The molecule has 0 amide bonds. The summed E-state index contributed by atoms with van der Waals surface area (Å²) in [6.45, 7) is 4.24. The molecule has 0 atom stereocenters. The van der Waals surface area contributed by atoms with E-state index in [1.165, 1.54) is 4.68 Å². The van der Waals surface area contributed by atoms with E-state index in [0.717, 1.165) is 28.0 Å². The van der Waals surface area contributed by atoms with Crippen molar-refractivity contribution in [3.05, 3.63) is 106 Å². The van der Waals surface area contributed by atoms with Gasteiger partial charge in [0.1, 0.15) is 23.7 Å². The normalized spacial score (nSPS) is 11.4. The zero-order valence-electron chi connectivity index (χ0n) is 22.8. The topological polar surface area (TPSA) is 83.8 Å². The summed E-state index contributed by atoms with van der Waals surface area (Å²) in [5.74, 6) is 4.53. The fourth-order valence-electron chi connectivity index (χ4n) is 4.96. The highest BCUT2D eigenvalue weighted by molar-refractivity contribution is 5.89. The largest absolute Gasteiger partial charge is 0.496 e. The Bertz CT molecular complexity index is 2040. The van der Waals surface area contributed by atoms with Crippen LogP contribution in [0, 0.1) is 26.2 Å². The Morgan fingerprint density at radius 2 is 1.83 bits per heavy atom. The minimum Gasteiger partial charge on any atom is -0.496 e. The number of ether oxygens (including phenoxy) is 2. The lowest BCUT2D eigenvalue weighted by Crippen LogP contribution is -2.20. The number of benzene rings is 3. The van der Waals surface area contributed by atoms with Gasteiger partial charge in [-0.05, 0) is 74.5 Å².